The van der Waals surface area contributed by atoms with Gasteiger partial charge in [0, 0.05) is 43.0 Å². The molecule has 3 aromatic rings. The van der Waals surface area contributed by atoms with E-state index >= 15 is 0 Å². The summed E-state index contributed by atoms with van der Waals surface area (Å²) >= 11 is 1.60. The Morgan fingerprint density at radius 3 is 3.08 bits per heavy atom. The largest absolute Gasteiger partial charge is 0.338 e. The van der Waals surface area contributed by atoms with E-state index in [1.807, 2.05) is 29.7 Å². The van der Waals surface area contributed by atoms with Gasteiger partial charge in [0.2, 0.25) is 0 Å². The van der Waals surface area contributed by atoms with Gasteiger partial charge in [-0.05, 0) is 19.8 Å². The first-order valence-electron chi connectivity index (χ1n) is 8.66. The number of hydrogen-bond acceptors (Lipinski definition) is 6. The Kier molecular flexibility index (Phi) is 4.75. The van der Waals surface area contributed by atoms with Crippen LogP contribution < -0.4 is 0 Å². The Morgan fingerprint density at radius 2 is 2.27 bits per heavy atom. The summed E-state index contributed by atoms with van der Waals surface area (Å²) in [5.74, 6) is 1.26. The second-order valence-corrected chi connectivity index (χ2v) is 7.22. The maximum absolute atomic E-state index is 12.9. The summed E-state index contributed by atoms with van der Waals surface area (Å²) in [6, 6.07) is 0. The number of amides is 1. The number of thiazole rings is 1. The summed E-state index contributed by atoms with van der Waals surface area (Å²) in [6.07, 6.45) is 8.90. The molecule has 1 aliphatic rings. The van der Waals surface area contributed by atoms with Crippen LogP contribution in [-0.2, 0) is 6.54 Å². The molecule has 0 N–H and O–H groups in total. The average Bonchev–Trinajstić information content (AvgIpc) is 3.34. The first kappa shape index (κ1) is 16.8. The van der Waals surface area contributed by atoms with Crippen molar-refractivity contribution in [3.8, 4) is 0 Å². The number of aromatic nitrogens is 5. The van der Waals surface area contributed by atoms with Gasteiger partial charge < -0.3 is 9.47 Å². The van der Waals surface area contributed by atoms with E-state index in [4.69, 9.17) is 0 Å². The van der Waals surface area contributed by atoms with Crippen LogP contribution >= 0.6 is 11.3 Å². The Morgan fingerprint density at radius 1 is 1.35 bits per heavy atom. The molecule has 0 saturated carbocycles. The fourth-order valence-electron chi connectivity index (χ4n) is 3.45. The van der Waals surface area contributed by atoms with Gasteiger partial charge in [0.1, 0.15) is 12.2 Å². The van der Waals surface area contributed by atoms with Crippen molar-refractivity contribution < 1.29 is 4.79 Å². The number of nitrogens with zero attached hydrogens (tertiary/aromatic N) is 6. The van der Waals surface area contributed by atoms with Crippen LogP contribution in [0.25, 0.3) is 0 Å². The van der Waals surface area contributed by atoms with E-state index in [2.05, 4.69) is 29.9 Å². The number of imidazole rings is 1. The minimum atomic E-state index is 0.00501. The van der Waals surface area contributed by atoms with Gasteiger partial charge in [-0.2, -0.15) is 0 Å². The molecule has 1 fully saturated rings. The van der Waals surface area contributed by atoms with Gasteiger partial charge in [0.15, 0.2) is 0 Å². The average molecular weight is 368 g/mol. The van der Waals surface area contributed by atoms with E-state index in [0.29, 0.717) is 12.1 Å². The summed E-state index contributed by atoms with van der Waals surface area (Å²) in [5.41, 5.74) is 4.18. The van der Waals surface area contributed by atoms with E-state index < -0.39 is 0 Å². The zero-order chi connectivity index (χ0) is 17.9. The number of likely N-dealkylation sites (tertiary alicyclic amines) is 1. The molecule has 0 aromatic carbocycles. The molecular formula is C18H20N6OS. The van der Waals surface area contributed by atoms with Crippen molar-refractivity contribution in [3.63, 3.8) is 0 Å². The van der Waals surface area contributed by atoms with Crippen LogP contribution in [0.5, 0.6) is 0 Å². The molecule has 0 radical (unpaired) electrons. The van der Waals surface area contributed by atoms with Gasteiger partial charge in [-0.3, -0.25) is 4.79 Å². The number of carbonyl (C=O) groups excluding carboxylic acids is 1. The molecule has 134 valence electrons. The van der Waals surface area contributed by atoms with Crippen molar-refractivity contribution in [2.75, 3.05) is 13.1 Å². The number of piperidine rings is 1. The predicted molar refractivity (Wildman–Crippen MR) is 98.1 cm³/mol. The molecule has 1 amide bonds. The number of rotatable bonds is 4. The zero-order valence-corrected chi connectivity index (χ0v) is 15.4. The number of aryl methyl sites for hydroxylation is 1. The van der Waals surface area contributed by atoms with Crippen LogP contribution in [0.15, 0.2) is 35.8 Å². The summed E-state index contributed by atoms with van der Waals surface area (Å²) < 4.78 is 2.14. The van der Waals surface area contributed by atoms with E-state index in [1.165, 1.54) is 6.33 Å². The lowest BCUT2D eigenvalue weighted by Gasteiger charge is -2.32. The van der Waals surface area contributed by atoms with Crippen LogP contribution in [0.1, 0.15) is 46.3 Å². The maximum Gasteiger partial charge on any atom is 0.257 e. The SMILES string of the molecule is Cc1ncncc1C(=O)N1CCC[C@@H](c2nccn2Cc2cscn2)C1. The zero-order valence-electron chi connectivity index (χ0n) is 14.6. The molecule has 1 saturated heterocycles. The Bertz CT molecular complexity index is 891. The fourth-order valence-corrected chi connectivity index (χ4v) is 4.00. The third kappa shape index (κ3) is 3.37. The molecule has 26 heavy (non-hydrogen) atoms. The van der Waals surface area contributed by atoms with Crippen molar-refractivity contribution in [1.29, 1.82) is 0 Å². The normalized spacial score (nSPS) is 17.4. The summed E-state index contributed by atoms with van der Waals surface area (Å²) in [6.45, 7) is 3.99. The van der Waals surface area contributed by atoms with Crippen molar-refractivity contribution in [2.24, 2.45) is 0 Å². The first-order chi connectivity index (χ1) is 12.7. The highest BCUT2D eigenvalue weighted by molar-refractivity contribution is 7.07. The maximum atomic E-state index is 12.9. The molecule has 1 aliphatic heterocycles. The minimum Gasteiger partial charge on any atom is -0.338 e. The highest BCUT2D eigenvalue weighted by Gasteiger charge is 2.29. The highest BCUT2D eigenvalue weighted by Crippen LogP contribution is 2.27. The van der Waals surface area contributed by atoms with Crippen LogP contribution in [0.3, 0.4) is 0 Å². The van der Waals surface area contributed by atoms with Gasteiger partial charge in [-0.25, -0.2) is 19.9 Å². The summed E-state index contributed by atoms with van der Waals surface area (Å²) in [7, 11) is 0. The molecule has 0 spiro atoms. The van der Waals surface area contributed by atoms with E-state index in [0.717, 1.165) is 43.1 Å². The lowest BCUT2D eigenvalue weighted by molar-refractivity contribution is 0.0701. The fraction of sp³-hybridized carbons (Fsp3) is 0.389. The van der Waals surface area contributed by atoms with E-state index in [-0.39, 0.29) is 11.8 Å². The van der Waals surface area contributed by atoms with Crippen molar-refractivity contribution >= 4 is 17.2 Å². The van der Waals surface area contributed by atoms with Gasteiger partial charge >= 0.3 is 0 Å². The lowest BCUT2D eigenvalue weighted by atomic mass is 9.96. The van der Waals surface area contributed by atoms with Gasteiger partial charge in [0.25, 0.3) is 5.91 Å². The van der Waals surface area contributed by atoms with Gasteiger partial charge in [0.05, 0.1) is 29.0 Å². The Hall–Kier alpha value is -2.61. The third-order valence-electron chi connectivity index (χ3n) is 4.78. The van der Waals surface area contributed by atoms with Gasteiger partial charge in [-0.1, -0.05) is 0 Å². The lowest BCUT2D eigenvalue weighted by Crippen LogP contribution is -2.40. The summed E-state index contributed by atoms with van der Waals surface area (Å²) in [5, 5.41) is 2.05. The van der Waals surface area contributed by atoms with Crippen LogP contribution in [0.4, 0.5) is 0 Å². The molecule has 3 aromatic heterocycles. The number of carbonyl (C=O) groups is 1. The van der Waals surface area contributed by atoms with Crippen molar-refractivity contribution in [1.82, 2.24) is 29.4 Å². The quantitative estimate of drug-likeness (QED) is 0.707. The van der Waals surface area contributed by atoms with Crippen LogP contribution in [0.2, 0.25) is 0 Å². The smallest absolute Gasteiger partial charge is 0.257 e. The highest BCUT2D eigenvalue weighted by atomic mass is 32.1. The molecule has 4 rings (SSSR count). The minimum absolute atomic E-state index is 0.00501. The Balaban J connectivity index is 1.52. The molecule has 0 unspecified atom stereocenters. The summed E-state index contributed by atoms with van der Waals surface area (Å²) in [4.78, 5) is 31.9. The van der Waals surface area contributed by atoms with Crippen molar-refractivity contribution in [3.05, 3.63) is 58.6 Å². The third-order valence-corrected chi connectivity index (χ3v) is 5.41. The molecule has 1 atom stereocenters. The van der Waals surface area contributed by atoms with Crippen LogP contribution in [-0.4, -0.2) is 48.4 Å². The second kappa shape index (κ2) is 7.33. The molecule has 4 heterocycles. The van der Waals surface area contributed by atoms with Gasteiger partial charge in [-0.15, -0.1) is 11.3 Å². The van der Waals surface area contributed by atoms with Crippen LogP contribution in [0, 0.1) is 6.92 Å². The van der Waals surface area contributed by atoms with Crippen molar-refractivity contribution in [2.45, 2.75) is 32.2 Å². The predicted octanol–water partition coefficient (Wildman–Crippen LogP) is 2.51. The topological polar surface area (TPSA) is 76.8 Å². The molecule has 7 nitrogen and oxygen atoms in total. The molecule has 8 heteroatoms. The number of hydrogen-bond donors (Lipinski definition) is 0. The van der Waals surface area contributed by atoms with E-state index in [1.54, 1.807) is 17.5 Å². The molecule has 0 bridgehead atoms. The Labute approximate surface area is 155 Å². The monoisotopic (exact) mass is 368 g/mol. The second-order valence-electron chi connectivity index (χ2n) is 6.51. The molecular weight excluding hydrogens is 348 g/mol. The van der Waals surface area contributed by atoms with E-state index in [9.17, 15) is 4.79 Å². The molecule has 0 aliphatic carbocycles. The standard InChI is InChI=1S/C18H20N6OS/c1-13-16(7-19-11-21-13)18(25)24-5-2-3-14(8-24)17-20-4-6-23(17)9-15-10-26-12-22-15/h4,6-7,10-12,14H,2-3,5,8-9H2,1H3/t14-/m1/s1. The first-order valence-corrected chi connectivity index (χ1v) is 9.60.